The Morgan fingerprint density at radius 1 is 1.00 bits per heavy atom. The van der Waals surface area contributed by atoms with Gasteiger partial charge in [0, 0.05) is 6.04 Å². The summed E-state index contributed by atoms with van der Waals surface area (Å²) in [6.07, 6.45) is 7.38. The van der Waals surface area contributed by atoms with Gasteiger partial charge in [-0.2, -0.15) is 0 Å². The molecule has 3 rings (SSSR count). The summed E-state index contributed by atoms with van der Waals surface area (Å²) >= 11 is 0. The fourth-order valence-corrected chi connectivity index (χ4v) is 3.85. The Balaban J connectivity index is 1.46. The number of benzene rings is 1. The van der Waals surface area contributed by atoms with E-state index < -0.39 is 0 Å². The standard InChI is InChI=1S/C20H30N2O3/c23-17-12-10-16(11-13-17)21-20(24)22-18-8-4-5-9-19(18)25-14-15-6-2-1-3-7-15/h1-3,6-7,16-19,23H,4-5,8-14H2,(H2,21,22,24). The molecule has 2 unspecified atom stereocenters. The fourth-order valence-electron chi connectivity index (χ4n) is 3.85. The van der Waals surface area contributed by atoms with Crippen molar-refractivity contribution in [3.63, 3.8) is 0 Å². The number of carbonyl (C=O) groups excluding carboxylic acids is 1. The maximum Gasteiger partial charge on any atom is 0.315 e. The number of carbonyl (C=O) groups is 1. The molecule has 0 radical (unpaired) electrons. The van der Waals surface area contributed by atoms with Gasteiger partial charge in [-0.25, -0.2) is 4.79 Å². The zero-order valence-corrected chi connectivity index (χ0v) is 14.8. The van der Waals surface area contributed by atoms with E-state index in [2.05, 4.69) is 22.8 Å². The molecule has 2 fully saturated rings. The lowest BCUT2D eigenvalue weighted by Gasteiger charge is -2.33. The number of nitrogens with one attached hydrogen (secondary N) is 2. The van der Waals surface area contributed by atoms with E-state index in [1.807, 2.05) is 18.2 Å². The van der Waals surface area contributed by atoms with Gasteiger partial charge in [0.25, 0.3) is 0 Å². The minimum absolute atomic E-state index is 0.0756. The number of aliphatic hydroxyl groups excluding tert-OH is 1. The molecule has 1 aromatic carbocycles. The van der Waals surface area contributed by atoms with Crippen molar-refractivity contribution in [2.75, 3.05) is 0 Å². The fraction of sp³-hybridized carbons (Fsp3) is 0.650. The van der Waals surface area contributed by atoms with E-state index in [0.29, 0.717) is 6.61 Å². The quantitative estimate of drug-likeness (QED) is 0.767. The lowest BCUT2D eigenvalue weighted by Crippen LogP contribution is -2.52. The first-order valence-electron chi connectivity index (χ1n) is 9.61. The Morgan fingerprint density at radius 2 is 1.72 bits per heavy atom. The number of hydrogen-bond donors (Lipinski definition) is 3. The van der Waals surface area contributed by atoms with Crippen LogP contribution in [0.4, 0.5) is 4.79 Å². The summed E-state index contributed by atoms with van der Waals surface area (Å²) in [6.45, 7) is 0.589. The van der Waals surface area contributed by atoms with Crippen molar-refractivity contribution in [2.24, 2.45) is 0 Å². The normalized spacial score (nSPS) is 29.8. The second-order valence-corrected chi connectivity index (χ2v) is 7.35. The van der Waals surface area contributed by atoms with E-state index in [9.17, 15) is 9.90 Å². The van der Waals surface area contributed by atoms with Gasteiger partial charge in [-0.3, -0.25) is 0 Å². The van der Waals surface area contributed by atoms with E-state index >= 15 is 0 Å². The van der Waals surface area contributed by atoms with Gasteiger partial charge in [0.2, 0.25) is 0 Å². The molecule has 2 atom stereocenters. The Kier molecular flexibility index (Phi) is 6.70. The molecule has 2 amide bonds. The van der Waals surface area contributed by atoms with E-state index in [1.165, 1.54) is 0 Å². The van der Waals surface area contributed by atoms with Crippen molar-refractivity contribution in [1.82, 2.24) is 10.6 Å². The molecule has 3 N–H and O–H groups in total. The van der Waals surface area contributed by atoms with Gasteiger partial charge in [0.15, 0.2) is 0 Å². The number of ether oxygens (including phenoxy) is 1. The van der Waals surface area contributed by atoms with Gasteiger partial charge < -0.3 is 20.5 Å². The molecule has 0 aliphatic heterocycles. The molecule has 1 aromatic rings. The van der Waals surface area contributed by atoms with E-state index in [4.69, 9.17) is 4.74 Å². The van der Waals surface area contributed by atoms with Gasteiger partial charge in [0.1, 0.15) is 0 Å². The van der Waals surface area contributed by atoms with E-state index in [-0.39, 0.29) is 30.3 Å². The van der Waals surface area contributed by atoms with Crippen LogP contribution < -0.4 is 10.6 Å². The molecule has 0 heterocycles. The first-order chi connectivity index (χ1) is 12.2. The van der Waals surface area contributed by atoms with Gasteiger partial charge in [-0.15, -0.1) is 0 Å². The predicted octanol–water partition coefficient (Wildman–Crippen LogP) is 3.12. The SMILES string of the molecule is O=C(NC1CCC(O)CC1)NC1CCCCC1OCc1ccccc1. The molecule has 138 valence electrons. The summed E-state index contributed by atoms with van der Waals surface area (Å²) in [5, 5.41) is 15.8. The van der Waals surface area contributed by atoms with Crippen molar-refractivity contribution >= 4 is 6.03 Å². The van der Waals surface area contributed by atoms with Crippen LogP contribution in [0.1, 0.15) is 56.9 Å². The third-order valence-corrected chi connectivity index (χ3v) is 5.36. The van der Waals surface area contributed by atoms with Crippen LogP contribution >= 0.6 is 0 Å². The van der Waals surface area contributed by atoms with Crippen LogP contribution in [-0.2, 0) is 11.3 Å². The zero-order chi connectivity index (χ0) is 17.5. The van der Waals surface area contributed by atoms with Gasteiger partial charge in [-0.1, -0.05) is 43.2 Å². The monoisotopic (exact) mass is 346 g/mol. The maximum atomic E-state index is 12.3. The molecule has 25 heavy (non-hydrogen) atoms. The number of aliphatic hydroxyl groups is 1. The van der Waals surface area contributed by atoms with Gasteiger partial charge in [-0.05, 0) is 44.1 Å². The molecule has 5 nitrogen and oxygen atoms in total. The maximum absolute atomic E-state index is 12.3. The molecular formula is C20H30N2O3. The molecule has 0 aromatic heterocycles. The summed E-state index contributed by atoms with van der Waals surface area (Å²) in [4.78, 5) is 12.3. The zero-order valence-electron chi connectivity index (χ0n) is 14.8. The first-order valence-corrected chi connectivity index (χ1v) is 9.61. The highest BCUT2D eigenvalue weighted by molar-refractivity contribution is 5.74. The molecule has 5 heteroatoms. The topological polar surface area (TPSA) is 70.6 Å². The summed E-state index contributed by atoms with van der Waals surface area (Å²) in [7, 11) is 0. The van der Waals surface area contributed by atoms with Crippen molar-refractivity contribution in [3.05, 3.63) is 35.9 Å². The Labute approximate surface area is 150 Å². The van der Waals surface area contributed by atoms with Crippen LogP contribution in [0.3, 0.4) is 0 Å². The van der Waals surface area contributed by atoms with Crippen LogP contribution in [0, 0.1) is 0 Å². The van der Waals surface area contributed by atoms with Crippen molar-refractivity contribution in [3.8, 4) is 0 Å². The number of rotatable bonds is 5. The number of amides is 2. The molecular weight excluding hydrogens is 316 g/mol. The molecule has 0 bridgehead atoms. The Bertz CT molecular complexity index is 529. The van der Waals surface area contributed by atoms with Crippen LogP contribution in [0.2, 0.25) is 0 Å². The smallest absolute Gasteiger partial charge is 0.315 e. The molecule has 0 spiro atoms. The minimum atomic E-state index is -0.199. The number of hydrogen-bond acceptors (Lipinski definition) is 3. The largest absolute Gasteiger partial charge is 0.393 e. The summed E-state index contributed by atoms with van der Waals surface area (Å²) in [6, 6.07) is 10.3. The van der Waals surface area contributed by atoms with Crippen molar-refractivity contribution in [1.29, 1.82) is 0 Å². The highest BCUT2D eigenvalue weighted by Gasteiger charge is 2.28. The van der Waals surface area contributed by atoms with Crippen LogP contribution in [0.15, 0.2) is 30.3 Å². The van der Waals surface area contributed by atoms with Crippen molar-refractivity contribution < 1.29 is 14.6 Å². The van der Waals surface area contributed by atoms with Crippen molar-refractivity contribution in [2.45, 2.75) is 82.3 Å². The third-order valence-electron chi connectivity index (χ3n) is 5.36. The Morgan fingerprint density at radius 3 is 2.48 bits per heavy atom. The van der Waals surface area contributed by atoms with Gasteiger partial charge in [0.05, 0.1) is 24.9 Å². The van der Waals surface area contributed by atoms with Crippen LogP contribution in [-0.4, -0.2) is 35.4 Å². The van der Waals surface area contributed by atoms with E-state index in [0.717, 1.165) is 56.9 Å². The summed E-state index contributed by atoms with van der Waals surface area (Å²) < 4.78 is 6.11. The predicted molar refractivity (Wildman–Crippen MR) is 97.2 cm³/mol. The minimum Gasteiger partial charge on any atom is -0.393 e. The molecule has 0 saturated heterocycles. The first kappa shape index (κ1) is 18.2. The highest BCUT2D eigenvalue weighted by Crippen LogP contribution is 2.23. The van der Waals surface area contributed by atoms with Crippen LogP contribution in [0.25, 0.3) is 0 Å². The summed E-state index contributed by atoms with van der Waals surface area (Å²) in [5.74, 6) is 0. The second kappa shape index (κ2) is 9.20. The Hall–Kier alpha value is -1.59. The van der Waals surface area contributed by atoms with Crippen LogP contribution in [0.5, 0.6) is 0 Å². The third kappa shape index (κ3) is 5.72. The number of urea groups is 1. The highest BCUT2D eigenvalue weighted by atomic mass is 16.5. The molecule has 2 saturated carbocycles. The molecule has 2 aliphatic rings. The average molecular weight is 346 g/mol. The lowest BCUT2D eigenvalue weighted by atomic mass is 9.92. The lowest BCUT2D eigenvalue weighted by molar-refractivity contribution is -0.00281. The summed E-state index contributed by atoms with van der Waals surface area (Å²) in [5.41, 5.74) is 1.16. The van der Waals surface area contributed by atoms with E-state index in [1.54, 1.807) is 0 Å². The molecule has 2 aliphatic carbocycles. The second-order valence-electron chi connectivity index (χ2n) is 7.35. The average Bonchev–Trinajstić information content (AvgIpc) is 2.64. The van der Waals surface area contributed by atoms with Gasteiger partial charge >= 0.3 is 6.03 Å².